The Morgan fingerprint density at radius 3 is 2.59 bits per heavy atom. The number of hydrogen-bond donors (Lipinski definition) is 6. The van der Waals surface area contributed by atoms with Crippen LogP contribution >= 0.6 is 0 Å². The van der Waals surface area contributed by atoms with Crippen molar-refractivity contribution in [2.75, 3.05) is 39.3 Å². The second-order valence-electron chi connectivity index (χ2n) is 13.1. The third-order valence-corrected chi connectivity index (χ3v) is 9.30. The zero-order valence-corrected chi connectivity index (χ0v) is 29.0. The van der Waals surface area contributed by atoms with E-state index in [2.05, 4.69) is 60.4 Å². The third-order valence-electron chi connectivity index (χ3n) is 9.30. The van der Waals surface area contributed by atoms with Crippen LogP contribution in [0.3, 0.4) is 0 Å². The summed E-state index contributed by atoms with van der Waals surface area (Å²) in [5, 5.41) is 31.8. The van der Waals surface area contributed by atoms with Crippen molar-refractivity contribution in [3.05, 3.63) is 47.6 Å². The minimum absolute atomic E-state index is 0.0575. The molecule has 270 valence electrons. The van der Waals surface area contributed by atoms with Gasteiger partial charge in [-0.15, -0.1) is 5.10 Å². The molecule has 2 aliphatic carbocycles. The van der Waals surface area contributed by atoms with E-state index in [4.69, 9.17) is 10.8 Å². The molecule has 1 amide bonds. The molecule has 0 unspecified atom stereocenters. The zero-order valence-electron chi connectivity index (χ0n) is 29.0. The van der Waals surface area contributed by atoms with Crippen molar-refractivity contribution in [1.29, 1.82) is 0 Å². The highest BCUT2D eigenvalue weighted by atomic mass is 16.4. The number of nitrogens with zero attached hydrogens (tertiary/aromatic N) is 6. The molecule has 1 aromatic rings. The van der Waals surface area contributed by atoms with Gasteiger partial charge in [0, 0.05) is 57.3 Å². The Hall–Kier alpha value is -3.88. The van der Waals surface area contributed by atoms with Gasteiger partial charge in [-0.05, 0) is 83.3 Å². The van der Waals surface area contributed by atoms with Gasteiger partial charge in [0.15, 0.2) is 0 Å². The number of carbonyl (C=O) groups excluding carboxylic acids is 1. The van der Waals surface area contributed by atoms with E-state index < -0.39 is 12.0 Å². The number of allylic oxidation sites excluding steroid dienone is 5. The highest BCUT2D eigenvalue weighted by Gasteiger charge is 2.25. The fraction of sp³-hybridized carbons (Fsp3) is 0.657. The molecule has 3 aliphatic rings. The van der Waals surface area contributed by atoms with Gasteiger partial charge < -0.3 is 37.0 Å². The number of amides is 1. The number of likely N-dealkylation sites (tertiary alicyclic amines) is 1. The average molecular weight is 680 g/mol. The van der Waals surface area contributed by atoms with Crippen molar-refractivity contribution < 1.29 is 14.7 Å². The molecule has 0 spiro atoms. The van der Waals surface area contributed by atoms with E-state index in [1.165, 1.54) is 32.1 Å². The Morgan fingerprint density at radius 1 is 1.06 bits per heavy atom. The molecular formula is C35H57N11O3. The van der Waals surface area contributed by atoms with Crippen molar-refractivity contribution in [2.24, 2.45) is 15.7 Å². The number of guanidine groups is 1. The summed E-state index contributed by atoms with van der Waals surface area (Å²) in [4.78, 5) is 34.2. The lowest BCUT2D eigenvalue weighted by molar-refractivity contribution is -0.139. The van der Waals surface area contributed by atoms with Crippen molar-refractivity contribution >= 4 is 24.6 Å². The van der Waals surface area contributed by atoms with Gasteiger partial charge in [-0.3, -0.25) is 19.3 Å². The topological polar surface area (TPSA) is 187 Å². The van der Waals surface area contributed by atoms with E-state index in [-0.39, 0.29) is 24.8 Å². The number of carbonyl (C=O) groups is 2. The highest BCUT2D eigenvalue weighted by molar-refractivity contribution is 5.85. The number of carboxylic acid groups (broad SMARTS) is 1. The van der Waals surface area contributed by atoms with E-state index >= 15 is 0 Å². The van der Waals surface area contributed by atoms with E-state index in [9.17, 15) is 9.59 Å². The van der Waals surface area contributed by atoms with Crippen LogP contribution < -0.4 is 27.0 Å². The SMILES string of the molecule is C=NC(=NCCc1cn(CCCNCCCNC2CCCCC2)nn1)N/C(NC1CCN(C(=O)CC[C@H](N)C(=O)O)CC1)=C1/C=CC=CC1. The van der Waals surface area contributed by atoms with Crippen LogP contribution in [0.15, 0.2) is 51.9 Å². The van der Waals surface area contributed by atoms with Gasteiger partial charge in [-0.25, -0.2) is 4.99 Å². The Kier molecular flexibility index (Phi) is 16.5. The van der Waals surface area contributed by atoms with Gasteiger partial charge in [0.05, 0.1) is 5.69 Å². The number of nitrogens with one attached hydrogen (secondary N) is 4. The van der Waals surface area contributed by atoms with Crippen LogP contribution in [-0.2, 0) is 22.6 Å². The van der Waals surface area contributed by atoms with Crippen LogP contribution in [-0.4, -0.2) is 107 Å². The lowest BCUT2D eigenvalue weighted by atomic mass is 9.95. The monoisotopic (exact) mass is 679 g/mol. The second-order valence-corrected chi connectivity index (χ2v) is 13.1. The number of hydrogen-bond acceptors (Lipinski definition) is 9. The number of aromatic nitrogens is 3. The standard InChI is InChI=1S/C35H57N11O3/c1-37-35(40-22-16-30-26-46(44-43-30)23-9-20-38-19-8-21-39-28-12-6-3-7-13-28)42-33(27-10-4-2-5-11-27)41-29-17-24-45(25-18-29)32(47)15-14-31(36)34(48)49/h2,4-5,10,26,28-29,31,38-39,41H,1,3,6-9,11-25,36H2,(H,40,42)(H,48,49)/b33-27-/t31-/m0/s1. The first-order valence-corrected chi connectivity index (χ1v) is 18.1. The molecular weight excluding hydrogens is 622 g/mol. The average Bonchev–Trinajstić information content (AvgIpc) is 3.59. The Balaban J connectivity index is 1.16. The number of piperidine rings is 1. The highest BCUT2D eigenvalue weighted by Crippen LogP contribution is 2.18. The molecule has 14 heteroatoms. The molecule has 1 aromatic heterocycles. The van der Waals surface area contributed by atoms with Gasteiger partial charge in [-0.2, -0.15) is 0 Å². The molecule has 49 heavy (non-hydrogen) atoms. The summed E-state index contributed by atoms with van der Waals surface area (Å²) in [6.45, 7) is 9.30. The summed E-state index contributed by atoms with van der Waals surface area (Å²) < 4.78 is 1.90. The van der Waals surface area contributed by atoms with E-state index in [1.54, 1.807) is 4.90 Å². The summed E-state index contributed by atoms with van der Waals surface area (Å²) in [5.41, 5.74) is 7.53. The van der Waals surface area contributed by atoms with Crippen LogP contribution in [0.5, 0.6) is 0 Å². The second kappa shape index (κ2) is 21.3. The quantitative estimate of drug-likeness (QED) is 0.0720. The number of aliphatic carboxylic acids is 1. The molecule has 0 radical (unpaired) electrons. The molecule has 2 fully saturated rings. The molecule has 1 aliphatic heterocycles. The van der Waals surface area contributed by atoms with Gasteiger partial charge in [0.1, 0.15) is 11.9 Å². The van der Waals surface area contributed by atoms with Crippen LogP contribution in [0.25, 0.3) is 0 Å². The van der Waals surface area contributed by atoms with Gasteiger partial charge >= 0.3 is 5.97 Å². The van der Waals surface area contributed by atoms with Crippen LogP contribution in [0.4, 0.5) is 0 Å². The summed E-state index contributed by atoms with van der Waals surface area (Å²) in [6, 6.07) is -0.151. The van der Waals surface area contributed by atoms with Crippen molar-refractivity contribution in [2.45, 2.75) is 108 Å². The lowest BCUT2D eigenvalue weighted by Crippen LogP contribution is -2.47. The number of aliphatic imine (C=N–C) groups is 2. The molecule has 14 nitrogen and oxygen atoms in total. The maximum Gasteiger partial charge on any atom is 0.320 e. The largest absolute Gasteiger partial charge is 0.480 e. The smallest absolute Gasteiger partial charge is 0.320 e. The molecule has 1 saturated heterocycles. The number of nitrogens with two attached hydrogens (primary N) is 1. The molecule has 0 bridgehead atoms. The molecule has 0 aromatic carbocycles. The number of rotatable bonds is 19. The van der Waals surface area contributed by atoms with Gasteiger partial charge in [0.2, 0.25) is 11.9 Å². The predicted molar refractivity (Wildman–Crippen MR) is 193 cm³/mol. The van der Waals surface area contributed by atoms with Crippen LogP contribution in [0.1, 0.15) is 82.7 Å². The first-order chi connectivity index (χ1) is 23.9. The maximum atomic E-state index is 12.6. The summed E-state index contributed by atoms with van der Waals surface area (Å²) in [5.74, 6) is 0.104. The maximum absolute atomic E-state index is 12.6. The summed E-state index contributed by atoms with van der Waals surface area (Å²) in [6.07, 6.45) is 22.3. The zero-order chi connectivity index (χ0) is 34.7. The minimum Gasteiger partial charge on any atom is -0.480 e. The molecule has 1 atom stereocenters. The summed E-state index contributed by atoms with van der Waals surface area (Å²) >= 11 is 0. The van der Waals surface area contributed by atoms with Crippen molar-refractivity contribution in [1.82, 2.24) is 41.2 Å². The number of carboxylic acids is 1. The van der Waals surface area contributed by atoms with Crippen molar-refractivity contribution in [3.8, 4) is 0 Å². The Bertz CT molecular complexity index is 1310. The Morgan fingerprint density at radius 2 is 1.86 bits per heavy atom. The summed E-state index contributed by atoms with van der Waals surface area (Å²) in [7, 11) is 0. The van der Waals surface area contributed by atoms with Gasteiger partial charge in [0.25, 0.3) is 0 Å². The van der Waals surface area contributed by atoms with Gasteiger partial charge in [-0.1, -0.05) is 48.8 Å². The van der Waals surface area contributed by atoms with E-state index in [1.807, 2.05) is 23.0 Å². The van der Waals surface area contributed by atoms with Crippen LogP contribution in [0, 0.1) is 0 Å². The fourth-order valence-corrected chi connectivity index (χ4v) is 6.34. The lowest BCUT2D eigenvalue weighted by Gasteiger charge is -2.34. The van der Waals surface area contributed by atoms with E-state index in [0.29, 0.717) is 32.0 Å². The fourth-order valence-electron chi connectivity index (χ4n) is 6.34. The first kappa shape index (κ1) is 37.9. The Labute approximate surface area is 290 Å². The van der Waals surface area contributed by atoms with Crippen LogP contribution in [0.2, 0.25) is 0 Å². The molecule has 2 heterocycles. The normalized spacial score (nSPS) is 19.1. The van der Waals surface area contributed by atoms with Crippen molar-refractivity contribution in [3.63, 3.8) is 0 Å². The first-order valence-electron chi connectivity index (χ1n) is 18.1. The molecule has 1 saturated carbocycles. The predicted octanol–water partition coefficient (Wildman–Crippen LogP) is 2.26. The third kappa shape index (κ3) is 13.9. The minimum atomic E-state index is -1.09. The molecule has 4 rings (SSSR count). The molecule has 7 N–H and O–H groups in total. The van der Waals surface area contributed by atoms with E-state index in [0.717, 1.165) is 81.4 Å². The number of aryl methyl sites for hydroxylation is 1.